The fourth-order valence-corrected chi connectivity index (χ4v) is 2.43. The van der Waals surface area contributed by atoms with E-state index in [2.05, 4.69) is 0 Å². The fourth-order valence-electron chi connectivity index (χ4n) is 1.08. The van der Waals surface area contributed by atoms with Crippen LogP contribution in [-0.2, 0) is 19.9 Å². The largest absolute Gasteiger partial charge is 0.280 e. The molecule has 18 heavy (non-hydrogen) atoms. The number of rotatable bonds is 4. The number of benzene rings is 1. The van der Waals surface area contributed by atoms with E-state index in [4.69, 9.17) is 0 Å². The molecule has 0 aromatic heterocycles. The Kier molecular flexibility index (Phi) is 4.02. The second kappa shape index (κ2) is 4.85. The van der Waals surface area contributed by atoms with E-state index in [0.29, 0.717) is 0 Å². The van der Waals surface area contributed by atoms with Gasteiger partial charge in [0.1, 0.15) is 5.82 Å². The predicted octanol–water partition coefficient (Wildman–Crippen LogP) is 1.38. The van der Waals surface area contributed by atoms with Gasteiger partial charge >= 0.3 is 0 Å². The summed E-state index contributed by atoms with van der Waals surface area (Å²) < 4.78 is 61.2. The molecule has 0 bridgehead atoms. The molecule has 0 amide bonds. The summed E-state index contributed by atoms with van der Waals surface area (Å²) >= 11 is 0. The summed E-state index contributed by atoms with van der Waals surface area (Å²) in [5, 5.41) is -0.751. The highest BCUT2D eigenvalue weighted by Gasteiger charge is 2.19. The Hall–Kier alpha value is -1.15. The van der Waals surface area contributed by atoms with Gasteiger partial charge in [-0.2, -0.15) is 0 Å². The van der Waals surface area contributed by atoms with Gasteiger partial charge in [0.2, 0.25) is 10.0 Å². The highest BCUT2D eigenvalue weighted by molar-refractivity contribution is 7.93. The third kappa shape index (κ3) is 3.42. The number of sulfone groups is 1. The number of hydrogen-bond donors (Lipinski definition) is 1. The maximum Gasteiger partial charge on any atom is 0.235 e. The monoisotopic (exact) mass is 295 g/mol. The van der Waals surface area contributed by atoms with Crippen LogP contribution in [0, 0.1) is 5.82 Å². The van der Waals surface area contributed by atoms with Crippen molar-refractivity contribution in [2.75, 3.05) is 11.0 Å². The molecule has 0 aliphatic carbocycles. The first kappa shape index (κ1) is 14.9. The lowest BCUT2D eigenvalue weighted by Crippen LogP contribution is -2.23. The lowest BCUT2D eigenvalue weighted by molar-refractivity contribution is 0.589. The molecule has 8 heteroatoms. The highest BCUT2D eigenvalue weighted by atomic mass is 32.2. The molecule has 1 aromatic rings. The van der Waals surface area contributed by atoms with Crippen LogP contribution in [0.2, 0.25) is 0 Å². The average molecular weight is 295 g/mol. The van der Waals surface area contributed by atoms with Crippen molar-refractivity contribution >= 4 is 25.5 Å². The summed E-state index contributed by atoms with van der Waals surface area (Å²) in [6.45, 7) is 2.86. The first-order chi connectivity index (χ1) is 8.04. The van der Waals surface area contributed by atoms with Gasteiger partial charge in [-0.1, -0.05) is 0 Å². The molecule has 0 aliphatic heterocycles. The molecule has 102 valence electrons. The molecule has 0 fully saturated rings. The van der Waals surface area contributed by atoms with Crippen LogP contribution < -0.4 is 4.72 Å². The Morgan fingerprint density at radius 3 is 2.17 bits per heavy atom. The van der Waals surface area contributed by atoms with Crippen LogP contribution in [0.5, 0.6) is 0 Å². The highest BCUT2D eigenvalue weighted by Crippen LogP contribution is 2.21. The van der Waals surface area contributed by atoms with Gasteiger partial charge in [-0.3, -0.25) is 4.72 Å². The second-order valence-electron chi connectivity index (χ2n) is 4.11. The van der Waals surface area contributed by atoms with Crippen LogP contribution in [0.1, 0.15) is 13.8 Å². The number of halogens is 1. The molecule has 0 unspecified atom stereocenters. The Balaban J connectivity index is 3.27. The average Bonchev–Trinajstić information content (AvgIpc) is 2.19. The van der Waals surface area contributed by atoms with Crippen molar-refractivity contribution in [3.63, 3.8) is 0 Å². The Morgan fingerprint density at radius 1 is 1.17 bits per heavy atom. The molecular formula is C10H14FNO4S2. The summed E-state index contributed by atoms with van der Waals surface area (Å²) in [7, 11) is -7.24. The zero-order valence-corrected chi connectivity index (χ0v) is 11.8. The lowest BCUT2D eigenvalue weighted by atomic mass is 10.3. The van der Waals surface area contributed by atoms with Crippen molar-refractivity contribution in [1.29, 1.82) is 0 Å². The third-order valence-electron chi connectivity index (χ3n) is 2.24. The SMILES string of the molecule is CC(C)S(=O)(=O)Nc1cc(S(C)(=O)=O)ccc1F. The van der Waals surface area contributed by atoms with E-state index in [1.165, 1.54) is 13.8 Å². The molecule has 1 aromatic carbocycles. The van der Waals surface area contributed by atoms with Crippen molar-refractivity contribution in [3.8, 4) is 0 Å². The summed E-state index contributed by atoms with van der Waals surface area (Å²) in [5.74, 6) is -0.827. The van der Waals surface area contributed by atoms with Crippen LogP contribution in [0.15, 0.2) is 23.1 Å². The van der Waals surface area contributed by atoms with Crippen molar-refractivity contribution in [1.82, 2.24) is 0 Å². The van der Waals surface area contributed by atoms with Gasteiger partial charge in [0.15, 0.2) is 9.84 Å². The minimum Gasteiger partial charge on any atom is -0.280 e. The van der Waals surface area contributed by atoms with Crippen LogP contribution in [0.4, 0.5) is 10.1 Å². The van der Waals surface area contributed by atoms with Gasteiger partial charge < -0.3 is 0 Å². The first-order valence-corrected chi connectivity index (χ1v) is 8.49. The number of anilines is 1. The van der Waals surface area contributed by atoms with Crippen molar-refractivity contribution in [3.05, 3.63) is 24.0 Å². The molecule has 0 saturated carbocycles. The maximum absolute atomic E-state index is 13.4. The number of sulfonamides is 1. The summed E-state index contributed by atoms with van der Waals surface area (Å²) in [4.78, 5) is -0.148. The minimum atomic E-state index is -3.72. The van der Waals surface area contributed by atoms with E-state index in [-0.39, 0.29) is 10.6 Å². The zero-order chi connectivity index (χ0) is 14.1. The van der Waals surface area contributed by atoms with Crippen molar-refractivity contribution in [2.45, 2.75) is 24.0 Å². The van der Waals surface area contributed by atoms with Crippen LogP contribution in [-0.4, -0.2) is 28.3 Å². The standard InChI is InChI=1S/C10H14FNO4S2/c1-7(2)18(15,16)12-10-6-8(17(3,13)14)4-5-9(10)11/h4-7,12H,1-3H3. The number of hydrogen-bond acceptors (Lipinski definition) is 4. The van der Waals surface area contributed by atoms with Crippen LogP contribution in [0.25, 0.3) is 0 Å². The summed E-state index contributed by atoms with van der Waals surface area (Å²) in [5.41, 5.74) is -0.369. The third-order valence-corrected chi connectivity index (χ3v) is 5.09. The van der Waals surface area contributed by atoms with Gasteiger partial charge in [-0.15, -0.1) is 0 Å². The van der Waals surface area contributed by atoms with E-state index in [1.807, 2.05) is 4.72 Å². The van der Waals surface area contributed by atoms with E-state index in [1.54, 1.807) is 0 Å². The lowest BCUT2D eigenvalue weighted by Gasteiger charge is -2.12. The molecule has 0 aliphatic rings. The predicted molar refractivity (Wildman–Crippen MR) is 67.2 cm³/mol. The Labute approximate surface area is 106 Å². The molecule has 0 atom stereocenters. The van der Waals surface area contributed by atoms with Crippen LogP contribution in [0.3, 0.4) is 0 Å². The van der Waals surface area contributed by atoms with Gasteiger partial charge in [-0.05, 0) is 32.0 Å². The molecule has 0 saturated heterocycles. The van der Waals surface area contributed by atoms with E-state index >= 15 is 0 Å². The van der Waals surface area contributed by atoms with E-state index in [0.717, 1.165) is 24.5 Å². The first-order valence-electron chi connectivity index (χ1n) is 5.05. The zero-order valence-electron chi connectivity index (χ0n) is 10.1. The second-order valence-corrected chi connectivity index (χ2v) is 8.36. The molecule has 0 heterocycles. The summed E-state index contributed by atoms with van der Waals surface area (Å²) in [6.07, 6.45) is 0.959. The Bertz CT molecular complexity index is 650. The molecular weight excluding hydrogens is 281 g/mol. The molecule has 0 radical (unpaired) electrons. The smallest absolute Gasteiger partial charge is 0.235 e. The van der Waals surface area contributed by atoms with Crippen LogP contribution >= 0.6 is 0 Å². The molecule has 0 spiro atoms. The van der Waals surface area contributed by atoms with Crippen molar-refractivity contribution < 1.29 is 21.2 Å². The normalized spacial score (nSPS) is 12.7. The fraction of sp³-hybridized carbons (Fsp3) is 0.400. The van der Waals surface area contributed by atoms with Gasteiger partial charge in [0, 0.05) is 6.26 Å². The van der Waals surface area contributed by atoms with Gasteiger partial charge in [0.25, 0.3) is 0 Å². The summed E-state index contributed by atoms with van der Waals surface area (Å²) in [6, 6.07) is 2.96. The maximum atomic E-state index is 13.4. The minimum absolute atomic E-state index is 0.148. The quantitative estimate of drug-likeness (QED) is 0.851. The van der Waals surface area contributed by atoms with Crippen molar-refractivity contribution in [2.24, 2.45) is 0 Å². The van der Waals surface area contributed by atoms with Gasteiger partial charge in [0.05, 0.1) is 15.8 Å². The molecule has 5 nitrogen and oxygen atoms in total. The van der Waals surface area contributed by atoms with E-state index in [9.17, 15) is 21.2 Å². The van der Waals surface area contributed by atoms with E-state index < -0.39 is 30.9 Å². The number of nitrogens with one attached hydrogen (secondary N) is 1. The Morgan fingerprint density at radius 2 is 1.72 bits per heavy atom. The molecule has 1 N–H and O–H groups in total. The topological polar surface area (TPSA) is 80.3 Å². The molecule has 1 rings (SSSR count). The van der Waals surface area contributed by atoms with Gasteiger partial charge in [-0.25, -0.2) is 21.2 Å².